The van der Waals surface area contributed by atoms with Gasteiger partial charge in [-0.15, -0.1) is 0 Å². The van der Waals surface area contributed by atoms with Gasteiger partial charge in [-0.05, 0) is 32.0 Å². The fraction of sp³-hybridized carbons (Fsp3) is 0.500. The van der Waals surface area contributed by atoms with Gasteiger partial charge in [0.15, 0.2) is 0 Å². The molecule has 2 N–H and O–H groups in total. The lowest BCUT2D eigenvalue weighted by Crippen LogP contribution is -2.42. The number of rotatable bonds is 6. The highest BCUT2D eigenvalue weighted by Crippen LogP contribution is 2.25. The lowest BCUT2D eigenvalue weighted by atomic mass is 10.1. The van der Waals surface area contributed by atoms with Crippen LogP contribution in [0.15, 0.2) is 18.2 Å². The van der Waals surface area contributed by atoms with Crippen LogP contribution in [0.3, 0.4) is 0 Å². The van der Waals surface area contributed by atoms with Crippen molar-refractivity contribution in [2.75, 3.05) is 6.61 Å². The van der Waals surface area contributed by atoms with Crippen molar-refractivity contribution in [3.63, 3.8) is 0 Å². The minimum atomic E-state index is -2.88. The molecule has 18 heavy (non-hydrogen) atoms. The first-order valence-corrected chi connectivity index (χ1v) is 5.81. The van der Waals surface area contributed by atoms with Gasteiger partial charge in [0.05, 0.1) is 6.61 Å². The van der Waals surface area contributed by atoms with E-state index in [1.54, 1.807) is 19.9 Å². The molecular formula is C12H16ClF2NO2. The second kappa shape index (κ2) is 6.31. The first kappa shape index (κ1) is 15.1. The SMILES string of the molecule is CC(C)(CO)NCc1cc(Cl)ccc1OC(F)F. The van der Waals surface area contributed by atoms with Crippen LogP contribution in [0.4, 0.5) is 8.78 Å². The molecule has 1 aromatic carbocycles. The summed E-state index contributed by atoms with van der Waals surface area (Å²) in [4.78, 5) is 0. The Labute approximate surface area is 110 Å². The number of aliphatic hydroxyl groups is 1. The molecular weight excluding hydrogens is 264 g/mol. The van der Waals surface area contributed by atoms with Gasteiger partial charge >= 0.3 is 6.61 Å². The van der Waals surface area contributed by atoms with Crippen molar-refractivity contribution in [1.82, 2.24) is 5.32 Å². The van der Waals surface area contributed by atoms with Crippen molar-refractivity contribution in [2.45, 2.75) is 32.5 Å². The van der Waals surface area contributed by atoms with Crippen molar-refractivity contribution in [3.05, 3.63) is 28.8 Å². The van der Waals surface area contributed by atoms with Crippen molar-refractivity contribution < 1.29 is 18.6 Å². The standard InChI is InChI=1S/C12H16ClF2NO2/c1-12(2,7-17)16-6-8-5-9(13)3-4-10(8)18-11(14)15/h3-5,11,16-17H,6-7H2,1-2H3. The third-order valence-corrected chi connectivity index (χ3v) is 2.63. The van der Waals surface area contributed by atoms with E-state index in [0.717, 1.165) is 0 Å². The Morgan fingerprint density at radius 2 is 2.11 bits per heavy atom. The number of nitrogens with one attached hydrogen (secondary N) is 1. The lowest BCUT2D eigenvalue weighted by Gasteiger charge is -2.24. The molecule has 1 aromatic rings. The van der Waals surface area contributed by atoms with Crippen LogP contribution in [0.25, 0.3) is 0 Å². The van der Waals surface area contributed by atoms with Crippen LogP contribution in [0.1, 0.15) is 19.4 Å². The van der Waals surface area contributed by atoms with E-state index in [0.29, 0.717) is 10.6 Å². The summed E-state index contributed by atoms with van der Waals surface area (Å²) >= 11 is 5.82. The first-order valence-electron chi connectivity index (χ1n) is 5.43. The van der Waals surface area contributed by atoms with Crippen LogP contribution in [-0.2, 0) is 6.54 Å². The zero-order valence-corrected chi connectivity index (χ0v) is 11.0. The minimum Gasteiger partial charge on any atom is -0.434 e. The number of ether oxygens (including phenoxy) is 1. The Bertz CT molecular complexity index is 400. The molecule has 0 saturated carbocycles. The molecule has 0 atom stereocenters. The summed E-state index contributed by atoms with van der Waals surface area (Å²) in [5, 5.41) is 12.6. The molecule has 3 nitrogen and oxygen atoms in total. The summed E-state index contributed by atoms with van der Waals surface area (Å²) in [6.45, 7) is 0.918. The summed E-state index contributed by atoms with van der Waals surface area (Å²) in [6, 6.07) is 4.44. The van der Waals surface area contributed by atoms with Crippen LogP contribution in [0, 0.1) is 0 Å². The molecule has 0 aliphatic heterocycles. The van der Waals surface area contributed by atoms with E-state index in [-0.39, 0.29) is 18.9 Å². The van der Waals surface area contributed by atoms with Crippen molar-refractivity contribution in [2.24, 2.45) is 0 Å². The van der Waals surface area contributed by atoms with Gasteiger partial charge in [0.1, 0.15) is 5.75 Å². The van der Waals surface area contributed by atoms with Crippen LogP contribution in [0.5, 0.6) is 5.75 Å². The van der Waals surface area contributed by atoms with Gasteiger partial charge in [0.2, 0.25) is 0 Å². The lowest BCUT2D eigenvalue weighted by molar-refractivity contribution is -0.0505. The van der Waals surface area contributed by atoms with Crippen LogP contribution >= 0.6 is 11.6 Å². The Hall–Kier alpha value is -0.910. The van der Waals surface area contributed by atoms with Gasteiger partial charge in [0.25, 0.3) is 0 Å². The quantitative estimate of drug-likeness (QED) is 0.841. The van der Waals surface area contributed by atoms with Crippen molar-refractivity contribution >= 4 is 11.6 Å². The number of benzene rings is 1. The van der Waals surface area contributed by atoms with E-state index in [2.05, 4.69) is 10.1 Å². The maximum Gasteiger partial charge on any atom is 0.387 e. The predicted octanol–water partition coefficient (Wildman–Crippen LogP) is 2.80. The van der Waals surface area contributed by atoms with Gasteiger partial charge in [-0.3, -0.25) is 0 Å². The van der Waals surface area contributed by atoms with Crippen LogP contribution < -0.4 is 10.1 Å². The minimum absolute atomic E-state index is 0.0708. The zero-order chi connectivity index (χ0) is 13.8. The molecule has 102 valence electrons. The van der Waals surface area contributed by atoms with Crippen LogP contribution in [-0.4, -0.2) is 23.9 Å². The number of halogens is 3. The highest BCUT2D eigenvalue weighted by molar-refractivity contribution is 6.30. The van der Waals surface area contributed by atoms with Crippen LogP contribution in [0.2, 0.25) is 5.02 Å². The zero-order valence-electron chi connectivity index (χ0n) is 10.2. The van der Waals surface area contributed by atoms with E-state index in [4.69, 9.17) is 16.7 Å². The smallest absolute Gasteiger partial charge is 0.387 e. The Morgan fingerprint density at radius 1 is 1.44 bits per heavy atom. The maximum atomic E-state index is 12.2. The molecule has 6 heteroatoms. The van der Waals surface area contributed by atoms with E-state index in [1.165, 1.54) is 12.1 Å². The second-order valence-electron chi connectivity index (χ2n) is 4.53. The second-order valence-corrected chi connectivity index (χ2v) is 4.96. The number of aliphatic hydroxyl groups excluding tert-OH is 1. The van der Waals surface area contributed by atoms with Gasteiger partial charge in [0, 0.05) is 22.7 Å². The predicted molar refractivity (Wildman–Crippen MR) is 66.1 cm³/mol. The molecule has 0 amide bonds. The largest absolute Gasteiger partial charge is 0.434 e. The van der Waals surface area contributed by atoms with Crippen molar-refractivity contribution in [1.29, 1.82) is 0 Å². The maximum absolute atomic E-state index is 12.2. The summed E-state index contributed by atoms with van der Waals surface area (Å²) in [6.07, 6.45) is 0. The molecule has 0 spiro atoms. The van der Waals surface area contributed by atoms with Crippen molar-refractivity contribution in [3.8, 4) is 5.75 Å². The number of hydrogen-bond donors (Lipinski definition) is 2. The van der Waals surface area contributed by atoms with Gasteiger partial charge in [-0.25, -0.2) is 0 Å². The number of hydrogen-bond acceptors (Lipinski definition) is 3. The molecule has 0 unspecified atom stereocenters. The Kier molecular flexibility index (Phi) is 5.31. The van der Waals surface area contributed by atoms with Gasteiger partial charge < -0.3 is 15.2 Å². The fourth-order valence-electron chi connectivity index (χ4n) is 1.29. The monoisotopic (exact) mass is 279 g/mol. The molecule has 1 rings (SSSR count). The topological polar surface area (TPSA) is 41.5 Å². The summed E-state index contributed by atoms with van der Waals surface area (Å²) < 4.78 is 28.9. The normalized spacial score (nSPS) is 11.9. The molecule has 0 aromatic heterocycles. The summed E-state index contributed by atoms with van der Waals surface area (Å²) in [5.41, 5.74) is 0.00839. The molecule has 0 fully saturated rings. The van der Waals surface area contributed by atoms with E-state index in [1.807, 2.05) is 0 Å². The third-order valence-electron chi connectivity index (χ3n) is 2.39. The third kappa shape index (κ3) is 4.76. The van der Waals surface area contributed by atoms with E-state index in [9.17, 15) is 8.78 Å². The molecule has 0 bridgehead atoms. The molecule has 0 aliphatic carbocycles. The highest BCUT2D eigenvalue weighted by atomic mass is 35.5. The van der Waals surface area contributed by atoms with Gasteiger partial charge in [-0.1, -0.05) is 11.6 Å². The highest BCUT2D eigenvalue weighted by Gasteiger charge is 2.17. The first-order chi connectivity index (χ1) is 8.34. The number of alkyl halides is 2. The molecule has 0 aliphatic rings. The average Bonchev–Trinajstić information content (AvgIpc) is 2.29. The molecule has 0 radical (unpaired) electrons. The molecule has 0 saturated heterocycles. The Morgan fingerprint density at radius 3 is 2.67 bits per heavy atom. The fourth-order valence-corrected chi connectivity index (χ4v) is 1.48. The molecule has 0 heterocycles. The van der Waals surface area contributed by atoms with Gasteiger partial charge in [-0.2, -0.15) is 8.78 Å². The summed E-state index contributed by atoms with van der Waals surface area (Å²) in [7, 11) is 0. The van der Waals surface area contributed by atoms with E-state index >= 15 is 0 Å². The van der Waals surface area contributed by atoms with E-state index < -0.39 is 12.2 Å². The Balaban J connectivity index is 2.82. The average molecular weight is 280 g/mol. The summed E-state index contributed by atoms with van der Waals surface area (Å²) in [5.74, 6) is 0.0793.